The normalized spacial score (nSPS) is 11.0. The summed E-state index contributed by atoms with van der Waals surface area (Å²) >= 11 is 0. The van der Waals surface area contributed by atoms with Gasteiger partial charge in [0.25, 0.3) is 11.6 Å². The topological polar surface area (TPSA) is 81.5 Å². The molecule has 0 bridgehead atoms. The maximum absolute atomic E-state index is 12.8. The number of carbonyl (C=O) groups is 1. The van der Waals surface area contributed by atoms with Gasteiger partial charge in [-0.05, 0) is 30.3 Å². The van der Waals surface area contributed by atoms with E-state index in [1.54, 1.807) is 0 Å². The van der Waals surface area contributed by atoms with Crippen molar-refractivity contribution in [1.29, 1.82) is 0 Å². The first-order valence-corrected chi connectivity index (χ1v) is 6.27. The van der Waals surface area contributed by atoms with Crippen molar-refractivity contribution in [2.24, 2.45) is 0 Å². The molecule has 2 rings (SSSR count). The molecule has 0 heterocycles. The molecule has 24 heavy (non-hydrogen) atoms. The summed E-state index contributed by atoms with van der Waals surface area (Å²) in [4.78, 5) is 22.0. The standard InChI is InChI=1S/C14H8F4N2O4/c15-8-1-3-9(4-2-8)19-13(21)11-7-10(20(22)23)5-6-12(11)24-14(16,17)18/h1-7H,(H,19,21). The number of nitrogens with zero attached hydrogens (tertiary/aromatic N) is 1. The second-order valence-electron chi connectivity index (χ2n) is 4.45. The molecule has 0 aromatic heterocycles. The van der Waals surface area contributed by atoms with Crippen LogP contribution in [-0.4, -0.2) is 17.2 Å². The summed E-state index contributed by atoms with van der Waals surface area (Å²) in [5, 5.41) is 12.9. The highest BCUT2D eigenvalue weighted by Gasteiger charge is 2.33. The second-order valence-corrected chi connectivity index (χ2v) is 4.45. The van der Waals surface area contributed by atoms with Crippen molar-refractivity contribution in [2.45, 2.75) is 6.36 Å². The Hall–Kier alpha value is -3.17. The van der Waals surface area contributed by atoms with Gasteiger partial charge in [0.2, 0.25) is 0 Å². The van der Waals surface area contributed by atoms with Crippen LogP contribution in [0, 0.1) is 15.9 Å². The van der Waals surface area contributed by atoms with Crippen LogP contribution in [0.3, 0.4) is 0 Å². The molecule has 0 aliphatic heterocycles. The van der Waals surface area contributed by atoms with Crippen LogP contribution in [0.1, 0.15) is 10.4 Å². The van der Waals surface area contributed by atoms with E-state index in [2.05, 4.69) is 10.1 Å². The van der Waals surface area contributed by atoms with Crippen molar-refractivity contribution in [3.63, 3.8) is 0 Å². The minimum absolute atomic E-state index is 0.0888. The summed E-state index contributed by atoms with van der Waals surface area (Å²) in [6.45, 7) is 0. The minimum Gasteiger partial charge on any atom is -0.405 e. The van der Waals surface area contributed by atoms with Gasteiger partial charge < -0.3 is 10.1 Å². The van der Waals surface area contributed by atoms with Crippen LogP contribution >= 0.6 is 0 Å². The van der Waals surface area contributed by atoms with Crippen molar-refractivity contribution < 1.29 is 32.0 Å². The summed E-state index contributed by atoms with van der Waals surface area (Å²) in [6, 6.07) is 6.50. The van der Waals surface area contributed by atoms with Crippen molar-refractivity contribution in [1.82, 2.24) is 0 Å². The molecule has 10 heteroatoms. The number of anilines is 1. The highest BCUT2D eigenvalue weighted by atomic mass is 19.4. The molecular formula is C14H8F4N2O4. The molecule has 0 atom stereocenters. The quantitative estimate of drug-likeness (QED) is 0.518. The summed E-state index contributed by atoms with van der Waals surface area (Å²) in [5.41, 5.74) is -1.19. The largest absolute Gasteiger partial charge is 0.573 e. The van der Waals surface area contributed by atoms with Gasteiger partial charge in [-0.25, -0.2) is 4.39 Å². The molecule has 0 aliphatic carbocycles. The van der Waals surface area contributed by atoms with E-state index in [0.717, 1.165) is 18.2 Å². The number of hydrogen-bond donors (Lipinski definition) is 1. The van der Waals surface area contributed by atoms with Gasteiger partial charge in [-0.15, -0.1) is 13.2 Å². The first-order chi connectivity index (χ1) is 11.2. The molecule has 0 saturated carbocycles. The van der Waals surface area contributed by atoms with E-state index >= 15 is 0 Å². The van der Waals surface area contributed by atoms with Gasteiger partial charge in [-0.3, -0.25) is 14.9 Å². The Balaban J connectivity index is 2.36. The maximum Gasteiger partial charge on any atom is 0.573 e. The Morgan fingerprint density at radius 2 is 1.75 bits per heavy atom. The Bertz CT molecular complexity index is 775. The fourth-order valence-electron chi connectivity index (χ4n) is 1.75. The fraction of sp³-hybridized carbons (Fsp3) is 0.0714. The molecule has 0 spiro atoms. The Morgan fingerprint density at radius 3 is 2.29 bits per heavy atom. The van der Waals surface area contributed by atoms with Gasteiger partial charge in [0.15, 0.2) is 0 Å². The monoisotopic (exact) mass is 344 g/mol. The maximum atomic E-state index is 12.8. The number of nitro benzene ring substituents is 1. The molecule has 6 nitrogen and oxygen atoms in total. The molecular weight excluding hydrogens is 336 g/mol. The van der Waals surface area contributed by atoms with Crippen LogP contribution in [0.2, 0.25) is 0 Å². The van der Waals surface area contributed by atoms with Crippen molar-refractivity contribution >= 4 is 17.3 Å². The predicted octanol–water partition coefficient (Wildman–Crippen LogP) is 3.88. The summed E-state index contributed by atoms with van der Waals surface area (Å²) in [5.74, 6) is -2.55. The number of hydrogen-bond acceptors (Lipinski definition) is 4. The molecule has 0 saturated heterocycles. The minimum atomic E-state index is -5.08. The van der Waals surface area contributed by atoms with E-state index in [1.807, 2.05) is 0 Å². The number of nitro groups is 1. The highest BCUT2D eigenvalue weighted by Crippen LogP contribution is 2.30. The zero-order valence-electron chi connectivity index (χ0n) is 11.6. The number of nitrogens with one attached hydrogen (secondary N) is 1. The Morgan fingerprint density at radius 1 is 1.12 bits per heavy atom. The molecule has 2 aromatic carbocycles. The first-order valence-electron chi connectivity index (χ1n) is 6.27. The first kappa shape index (κ1) is 17.2. The summed E-state index contributed by atoms with van der Waals surface area (Å²) < 4.78 is 53.7. The van der Waals surface area contributed by atoms with Gasteiger partial charge in [0, 0.05) is 17.8 Å². The van der Waals surface area contributed by atoms with Gasteiger partial charge in [0.05, 0.1) is 10.5 Å². The van der Waals surface area contributed by atoms with Gasteiger partial charge >= 0.3 is 6.36 Å². The molecule has 1 amide bonds. The van der Waals surface area contributed by atoms with Gasteiger partial charge in [-0.1, -0.05) is 0 Å². The number of benzene rings is 2. The average Bonchev–Trinajstić information content (AvgIpc) is 2.48. The van der Waals surface area contributed by atoms with Crippen LogP contribution in [0.15, 0.2) is 42.5 Å². The van der Waals surface area contributed by atoms with Crippen molar-refractivity contribution in [2.75, 3.05) is 5.32 Å². The van der Waals surface area contributed by atoms with E-state index in [-0.39, 0.29) is 5.69 Å². The molecule has 0 radical (unpaired) electrons. The third kappa shape index (κ3) is 4.41. The van der Waals surface area contributed by atoms with Crippen LogP contribution in [0.4, 0.5) is 28.9 Å². The third-order valence-corrected chi connectivity index (χ3v) is 2.75. The van der Waals surface area contributed by atoms with Crippen LogP contribution in [0.5, 0.6) is 5.75 Å². The van der Waals surface area contributed by atoms with Crippen LogP contribution in [-0.2, 0) is 0 Å². The zero-order valence-corrected chi connectivity index (χ0v) is 11.6. The van der Waals surface area contributed by atoms with E-state index in [0.29, 0.717) is 12.1 Å². The lowest BCUT2D eigenvalue weighted by Gasteiger charge is -2.13. The number of alkyl halides is 3. The van der Waals surface area contributed by atoms with E-state index in [4.69, 9.17) is 0 Å². The second kappa shape index (κ2) is 6.52. The Labute approximate surface area is 131 Å². The van der Waals surface area contributed by atoms with Crippen LogP contribution < -0.4 is 10.1 Å². The lowest BCUT2D eigenvalue weighted by molar-refractivity contribution is -0.385. The van der Waals surface area contributed by atoms with E-state index in [9.17, 15) is 32.5 Å². The SMILES string of the molecule is O=C(Nc1ccc(F)cc1)c1cc([N+](=O)[O-])ccc1OC(F)(F)F. The predicted molar refractivity (Wildman–Crippen MR) is 74.1 cm³/mol. The highest BCUT2D eigenvalue weighted by molar-refractivity contribution is 6.06. The van der Waals surface area contributed by atoms with Crippen molar-refractivity contribution in [3.8, 4) is 5.75 Å². The molecule has 0 unspecified atom stereocenters. The number of non-ortho nitro benzene ring substituents is 1. The van der Waals surface area contributed by atoms with E-state index in [1.165, 1.54) is 12.1 Å². The molecule has 0 aliphatic rings. The summed E-state index contributed by atoms with van der Waals surface area (Å²) in [6.07, 6.45) is -5.08. The number of carbonyl (C=O) groups excluding carboxylic acids is 1. The Kier molecular flexibility index (Phi) is 4.67. The lowest BCUT2D eigenvalue weighted by Crippen LogP contribution is -2.21. The van der Waals surface area contributed by atoms with Crippen molar-refractivity contribution in [3.05, 3.63) is 64.0 Å². The number of ether oxygens (including phenoxy) is 1. The molecule has 2 aromatic rings. The molecule has 1 N–H and O–H groups in total. The van der Waals surface area contributed by atoms with E-state index < -0.39 is 40.0 Å². The molecule has 0 fully saturated rings. The zero-order chi connectivity index (χ0) is 17.9. The lowest BCUT2D eigenvalue weighted by atomic mass is 10.1. The summed E-state index contributed by atoms with van der Waals surface area (Å²) in [7, 11) is 0. The fourth-order valence-corrected chi connectivity index (χ4v) is 1.75. The number of halogens is 4. The smallest absolute Gasteiger partial charge is 0.405 e. The third-order valence-electron chi connectivity index (χ3n) is 2.75. The number of rotatable bonds is 4. The molecule has 126 valence electrons. The number of amides is 1. The van der Waals surface area contributed by atoms with Gasteiger partial charge in [-0.2, -0.15) is 0 Å². The average molecular weight is 344 g/mol. The van der Waals surface area contributed by atoms with Gasteiger partial charge in [0.1, 0.15) is 11.6 Å². The van der Waals surface area contributed by atoms with Crippen LogP contribution in [0.25, 0.3) is 0 Å².